The number of thiophene rings is 1. The average molecular weight is 223 g/mol. The number of hydrogen-bond acceptors (Lipinski definition) is 2. The van der Waals surface area contributed by atoms with Gasteiger partial charge in [-0.1, -0.05) is 0 Å². The van der Waals surface area contributed by atoms with Crippen LogP contribution in [0.3, 0.4) is 0 Å². The molecule has 0 radical (unpaired) electrons. The first-order valence-electron chi connectivity index (χ1n) is 5.55. The summed E-state index contributed by atoms with van der Waals surface area (Å²) in [5, 5.41) is 2.00. The molecule has 82 valence electrons. The first kappa shape index (κ1) is 10.7. The minimum absolute atomic E-state index is 0.231. The highest BCUT2D eigenvalue weighted by Crippen LogP contribution is 2.23. The van der Waals surface area contributed by atoms with Gasteiger partial charge in [-0.25, -0.2) is 0 Å². The van der Waals surface area contributed by atoms with Gasteiger partial charge in [-0.3, -0.25) is 4.79 Å². The highest BCUT2D eigenvalue weighted by molar-refractivity contribution is 7.12. The molecular weight excluding hydrogens is 206 g/mol. The Morgan fingerprint density at radius 1 is 1.53 bits per heavy atom. The minimum atomic E-state index is 0.231. The molecule has 1 aromatic heterocycles. The largest absolute Gasteiger partial charge is 0.335 e. The summed E-state index contributed by atoms with van der Waals surface area (Å²) in [7, 11) is 0. The maximum Gasteiger partial charge on any atom is 0.264 e. The van der Waals surface area contributed by atoms with E-state index in [0.29, 0.717) is 6.04 Å². The topological polar surface area (TPSA) is 20.3 Å². The molecule has 0 spiro atoms. The van der Waals surface area contributed by atoms with Gasteiger partial charge in [0.2, 0.25) is 0 Å². The van der Waals surface area contributed by atoms with Crippen molar-refractivity contribution in [3.05, 3.63) is 21.9 Å². The number of aryl methyl sites for hydroxylation is 1. The van der Waals surface area contributed by atoms with Crippen molar-refractivity contribution in [3.8, 4) is 0 Å². The summed E-state index contributed by atoms with van der Waals surface area (Å²) in [5.41, 5.74) is 1.11. The summed E-state index contributed by atoms with van der Waals surface area (Å²) in [6.07, 6.45) is 3.56. The smallest absolute Gasteiger partial charge is 0.264 e. The number of nitrogens with zero attached hydrogens (tertiary/aromatic N) is 1. The molecule has 2 nitrogen and oxygen atoms in total. The summed E-state index contributed by atoms with van der Waals surface area (Å²) in [6, 6.07) is 2.43. The predicted molar refractivity (Wildman–Crippen MR) is 63.4 cm³/mol. The van der Waals surface area contributed by atoms with E-state index in [1.54, 1.807) is 11.3 Å². The SMILES string of the molecule is Cc1ccsc1C(=O)N1CCCCC1C. The Balaban J connectivity index is 2.17. The van der Waals surface area contributed by atoms with Crippen LogP contribution in [0.15, 0.2) is 11.4 Å². The van der Waals surface area contributed by atoms with Gasteiger partial charge in [0.05, 0.1) is 4.88 Å². The quantitative estimate of drug-likeness (QED) is 0.716. The first-order valence-corrected chi connectivity index (χ1v) is 6.43. The van der Waals surface area contributed by atoms with Crippen LogP contribution < -0.4 is 0 Å². The molecule has 3 heteroatoms. The Bertz CT molecular complexity index is 358. The van der Waals surface area contributed by atoms with E-state index >= 15 is 0 Å². The molecule has 1 unspecified atom stereocenters. The van der Waals surface area contributed by atoms with Crippen LogP contribution in [-0.4, -0.2) is 23.4 Å². The van der Waals surface area contributed by atoms with Crippen LogP contribution in [0.2, 0.25) is 0 Å². The fraction of sp³-hybridized carbons (Fsp3) is 0.583. The molecule has 1 aliphatic heterocycles. The van der Waals surface area contributed by atoms with E-state index in [1.165, 1.54) is 6.42 Å². The number of carbonyl (C=O) groups is 1. The number of piperidine rings is 1. The van der Waals surface area contributed by atoms with Crippen molar-refractivity contribution >= 4 is 17.2 Å². The normalized spacial score (nSPS) is 21.7. The summed E-state index contributed by atoms with van der Waals surface area (Å²) in [4.78, 5) is 15.2. The molecule has 0 aliphatic carbocycles. The van der Waals surface area contributed by atoms with Crippen molar-refractivity contribution in [3.63, 3.8) is 0 Å². The molecule has 1 aliphatic rings. The number of carbonyl (C=O) groups excluding carboxylic acids is 1. The van der Waals surface area contributed by atoms with Gasteiger partial charge in [-0.2, -0.15) is 0 Å². The second kappa shape index (κ2) is 4.35. The molecule has 0 saturated carbocycles. The lowest BCUT2D eigenvalue weighted by atomic mass is 10.0. The van der Waals surface area contributed by atoms with E-state index in [9.17, 15) is 4.79 Å². The van der Waals surface area contributed by atoms with Gasteiger partial charge in [0.15, 0.2) is 0 Å². The van der Waals surface area contributed by atoms with Crippen LogP contribution in [0.1, 0.15) is 41.4 Å². The third kappa shape index (κ3) is 2.07. The van der Waals surface area contributed by atoms with E-state index in [4.69, 9.17) is 0 Å². The highest BCUT2D eigenvalue weighted by atomic mass is 32.1. The molecule has 1 atom stereocenters. The van der Waals surface area contributed by atoms with Crippen LogP contribution >= 0.6 is 11.3 Å². The van der Waals surface area contributed by atoms with Gasteiger partial charge in [-0.15, -0.1) is 11.3 Å². The molecule has 2 heterocycles. The Morgan fingerprint density at radius 2 is 2.33 bits per heavy atom. The first-order chi connectivity index (χ1) is 7.20. The number of hydrogen-bond donors (Lipinski definition) is 0. The van der Waals surface area contributed by atoms with E-state index < -0.39 is 0 Å². The standard InChI is InChI=1S/C12H17NOS/c1-9-6-8-15-11(9)12(14)13-7-4-3-5-10(13)2/h6,8,10H,3-5,7H2,1-2H3. The lowest BCUT2D eigenvalue weighted by molar-refractivity contribution is 0.0640. The van der Waals surface area contributed by atoms with Crippen molar-refractivity contribution in [1.29, 1.82) is 0 Å². The Labute approximate surface area is 94.9 Å². The zero-order chi connectivity index (χ0) is 10.8. The van der Waals surface area contributed by atoms with Gasteiger partial charge < -0.3 is 4.90 Å². The van der Waals surface area contributed by atoms with Gasteiger partial charge in [-0.05, 0) is 50.1 Å². The summed E-state index contributed by atoms with van der Waals surface area (Å²) in [6.45, 7) is 5.09. The zero-order valence-corrected chi connectivity index (χ0v) is 10.1. The van der Waals surface area contributed by atoms with E-state index in [-0.39, 0.29) is 5.91 Å². The Hall–Kier alpha value is -0.830. The van der Waals surface area contributed by atoms with Gasteiger partial charge in [0.1, 0.15) is 0 Å². The summed E-state index contributed by atoms with van der Waals surface area (Å²) < 4.78 is 0. The van der Waals surface area contributed by atoms with Crippen molar-refractivity contribution in [2.45, 2.75) is 39.2 Å². The maximum atomic E-state index is 12.2. The second-order valence-corrected chi connectivity index (χ2v) is 5.19. The minimum Gasteiger partial charge on any atom is -0.335 e. The van der Waals surface area contributed by atoms with Crippen molar-refractivity contribution in [1.82, 2.24) is 4.90 Å². The molecule has 1 saturated heterocycles. The molecule has 1 aromatic rings. The van der Waals surface area contributed by atoms with Crippen LogP contribution in [0.25, 0.3) is 0 Å². The Kier molecular flexibility index (Phi) is 3.10. The molecule has 15 heavy (non-hydrogen) atoms. The third-order valence-corrected chi connectivity index (χ3v) is 4.12. The zero-order valence-electron chi connectivity index (χ0n) is 9.32. The monoisotopic (exact) mass is 223 g/mol. The fourth-order valence-electron chi connectivity index (χ4n) is 2.12. The molecule has 1 fully saturated rings. The maximum absolute atomic E-state index is 12.2. The molecule has 0 bridgehead atoms. The molecule has 1 amide bonds. The lowest BCUT2D eigenvalue weighted by Gasteiger charge is -2.33. The van der Waals surface area contributed by atoms with Crippen LogP contribution in [-0.2, 0) is 0 Å². The summed E-state index contributed by atoms with van der Waals surface area (Å²) >= 11 is 1.56. The van der Waals surface area contributed by atoms with Gasteiger partial charge >= 0.3 is 0 Å². The number of likely N-dealkylation sites (tertiary alicyclic amines) is 1. The lowest BCUT2D eigenvalue weighted by Crippen LogP contribution is -2.41. The van der Waals surface area contributed by atoms with Gasteiger partial charge in [0.25, 0.3) is 5.91 Å². The van der Waals surface area contributed by atoms with E-state index in [2.05, 4.69) is 6.92 Å². The number of rotatable bonds is 1. The van der Waals surface area contributed by atoms with E-state index in [0.717, 1.165) is 29.8 Å². The molecule has 2 rings (SSSR count). The van der Waals surface area contributed by atoms with Crippen molar-refractivity contribution in [2.75, 3.05) is 6.54 Å². The average Bonchev–Trinajstić information content (AvgIpc) is 2.64. The predicted octanol–water partition coefficient (Wildman–Crippen LogP) is 3.07. The van der Waals surface area contributed by atoms with Crippen LogP contribution in [0.4, 0.5) is 0 Å². The van der Waals surface area contributed by atoms with Crippen molar-refractivity contribution < 1.29 is 4.79 Å². The molecule has 0 aromatic carbocycles. The second-order valence-electron chi connectivity index (χ2n) is 4.28. The molecular formula is C12H17NOS. The van der Waals surface area contributed by atoms with Crippen LogP contribution in [0.5, 0.6) is 0 Å². The highest BCUT2D eigenvalue weighted by Gasteiger charge is 2.25. The third-order valence-electron chi connectivity index (χ3n) is 3.12. The van der Waals surface area contributed by atoms with Crippen molar-refractivity contribution in [2.24, 2.45) is 0 Å². The summed E-state index contributed by atoms with van der Waals surface area (Å²) in [5.74, 6) is 0.231. The number of amides is 1. The van der Waals surface area contributed by atoms with E-state index in [1.807, 2.05) is 23.3 Å². The molecule has 0 N–H and O–H groups in total. The Morgan fingerprint density at radius 3 is 2.93 bits per heavy atom. The van der Waals surface area contributed by atoms with Gasteiger partial charge in [0, 0.05) is 12.6 Å². The fourth-order valence-corrected chi connectivity index (χ4v) is 3.00. The van der Waals surface area contributed by atoms with Crippen LogP contribution in [0, 0.1) is 6.92 Å².